The molecule has 6 heteroatoms. The lowest BCUT2D eigenvalue weighted by Crippen LogP contribution is -2.49. The van der Waals surface area contributed by atoms with Crippen LogP contribution in [0, 0.1) is 12.8 Å². The maximum absolute atomic E-state index is 15.0. The molecule has 0 aliphatic carbocycles. The number of anilines is 1. The summed E-state index contributed by atoms with van der Waals surface area (Å²) in [5, 5.41) is 3.10. The summed E-state index contributed by atoms with van der Waals surface area (Å²) in [7, 11) is 0. The van der Waals surface area contributed by atoms with E-state index >= 15 is 4.79 Å². The number of carbonyl (C=O) groups is 3. The highest BCUT2D eigenvalue weighted by Crippen LogP contribution is 2.62. The van der Waals surface area contributed by atoms with Gasteiger partial charge in [-0.25, -0.2) is 0 Å². The highest BCUT2D eigenvalue weighted by Gasteiger charge is 2.70. The van der Waals surface area contributed by atoms with E-state index in [0.717, 1.165) is 28.7 Å². The Hall–Kier alpha value is -4.97. The molecule has 4 aromatic rings. The fourth-order valence-corrected chi connectivity index (χ4v) is 7.19. The Bertz CT molecular complexity index is 1790. The van der Waals surface area contributed by atoms with E-state index in [1.165, 1.54) is 0 Å². The van der Waals surface area contributed by atoms with Crippen molar-refractivity contribution < 1.29 is 19.1 Å². The zero-order valence-corrected chi connectivity index (χ0v) is 24.1. The van der Waals surface area contributed by atoms with Gasteiger partial charge in [0.25, 0.3) is 0 Å². The minimum absolute atomic E-state index is 0.195. The zero-order chi connectivity index (χ0) is 29.7. The van der Waals surface area contributed by atoms with E-state index in [1.807, 2.05) is 110 Å². The van der Waals surface area contributed by atoms with E-state index in [0.29, 0.717) is 29.2 Å². The van der Waals surface area contributed by atoms with Crippen molar-refractivity contribution in [3.8, 4) is 5.75 Å². The predicted molar refractivity (Wildman–Crippen MR) is 166 cm³/mol. The number of benzene rings is 4. The molecule has 0 bridgehead atoms. The van der Waals surface area contributed by atoms with Crippen molar-refractivity contribution in [1.82, 2.24) is 4.90 Å². The highest BCUT2D eigenvalue weighted by molar-refractivity contribution is 6.16. The van der Waals surface area contributed by atoms with Crippen molar-refractivity contribution in [2.75, 3.05) is 11.9 Å². The molecule has 6 nitrogen and oxygen atoms in total. The van der Waals surface area contributed by atoms with Crippen LogP contribution in [0.4, 0.5) is 5.69 Å². The van der Waals surface area contributed by atoms with Crippen LogP contribution in [0.1, 0.15) is 62.4 Å². The van der Waals surface area contributed by atoms with Gasteiger partial charge in [-0.2, -0.15) is 0 Å². The van der Waals surface area contributed by atoms with Crippen LogP contribution in [0.15, 0.2) is 103 Å². The van der Waals surface area contributed by atoms with Gasteiger partial charge in [0.05, 0.1) is 18.6 Å². The van der Waals surface area contributed by atoms with Crippen molar-refractivity contribution in [3.05, 3.63) is 137 Å². The minimum atomic E-state index is -1.36. The molecular weight excluding hydrogens is 536 g/mol. The summed E-state index contributed by atoms with van der Waals surface area (Å²) < 4.78 is 5.88. The van der Waals surface area contributed by atoms with Gasteiger partial charge < -0.3 is 15.0 Å². The molecule has 0 unspecified atom stereocenters. The number of nitrogens with zero attached hydrogens (tertiary/aromatic N) is 1. The van der Waals surface area contributed by atoms with Gasteiger partial charge in [-0.15, -0.1) is 0 Å². The Kier molecular flexibility index (Phi) is 6.50. The molecule has 1 N–H and O–H groups in total. The topological polar surface area (TPSA) is 75.7 Å². The first-order chi connectivity index (χ1) is 20.9. The maximum Gasteiger partial charge on any atom is 0.238 e. The van der Waals surface area contributed by atoms with Gasteiger partial charge >= 0.3 is 0 Å². The molecule has 7 rings (SSSR count). The molecule has 1 spiro atoms. The van der Waals surface area contributed by atoms with Gasteiger partial charge in [-0.1, -0.05) is 91.3 Å². The summed E-state index contributed by atoms with van der Waals surface area (Å²) in [6.45, 7) is 4.52. The number of rotatable bonds is 7. The van der Waals surface area contributed by atoms with Gasteiger partial charge in [-0.05, 0) is 54.3 Å². The first-order valence-corrected chi connectivity index (χ1v) is 14.8. The molecule has 3 aliphatic rings. The van der Waals surface area contributed by atoms with E-state index in [-0.39, 0.29) is 17.5 Å². The Morgan fingerprint density at radius 2 is 1.65 bits per heavy atom. The second kappa shape index (κ2) is 10.4. The van der Waals surface area contributed by atoms with E-state index in [1.54, 1.807) is 18.2 Å². The second-order valence-electron chi connectivity index (χ2n) is 11.6. The monoisotopic (exact) mass is 568 g/mol. The van der Waals surface area contributed by atoms with Crippen LogP contribution in [-0.2, 0) is 10.2 Å². The molecule has 4 aromatic carbocycles. The lowest BCUT2D eigenvalue weighted by atomic mass is 9.62. The third-order valence-corrected chi connectivity index (χ3v) is 9.05. The molecule has 1 saturated heterocycles. The predicted octanol–water partition coefficient (Wildman–Crippen LogP) is 6.77. The number of hydrogen-bond acceptors (Lipinski definition) is 5. The van der Waals surface area contributed by atoms with Gasteiger partial charge in [0, 0.05) is 23.0 Å². The molecule has 43 heavy (non-hydrogen) atoms. The number of nitrogens with one attached hydrogen (secondary N) is 1. The van der Waals surface area contributed by atoms with Crippen LogP contribution in [0.2, 0.25) is 0 Å². The summed E-state index contributed by atoms with van der Waals surface area (Å²) in [4.78, 5) is 46.2. The molecule has 214 valence electrons. The van der Waals surface area contributed by atoms with E-state index in [9.17, 15) is 9.59 Å². The number of ether oxygens (including phenoxy) is 1. The SMILES string of the molecule is CCCOc1cccc(C(=O)[C@@H]2[C@H](C(=O)c3ccc(C)cc3)N3C=Cc4ccccc4[C@@H]3[C@]23C(=O)Nc2ccccc23)c1. The maximum atomic E-state index is 15.0. The van der Waals surface area contributed by atoms with E-state index in [4.69, 9.17) is 4.74 Å². The molecule has 4 atom stereocenters. The van der Waals surface area contributed by atoms with Crippen molar-refractivity contribution in [2.45, 2.75) is 37.8 Å². The lowest BCUT2D eigenvalue weighted by Gasteiger charge is -2.38. The smallest absolute Gasteiger partial charge is 0.238 e. The number of amides is 1. The van der Waals surface area contributed by atoms with Crippen molar-refractivity contribution >= 4 is 29.2 Å². The molecule has 1 fully saturated rings. The Labute approximate surface area is 251 Å². The first-order valence-electron chi connectivity index (χ1n) is 14.8. The zero-order valence-electron chi connectivity index (χ0n) is 24.1. The summed E-state index contributed by atoms with van der Waals surface area (Å²) >= 11 is 0. The molecule has 0 radical (unpaired) electrons. The van der Waals surface area contributed by atoms with Crippen LogP contribution >= 0.6 is 0 Å². The lowest BCUT2D eigenvalue weighted by molar-refractivity contribution is -0.122. The van der Waals surface area contributed by atoms with Crippen LogP contribution in [0.3, 0.4) is 0 Å². The van der Waals surface area contributed by atoms with Gasteiger partial charge in [0.2, 0.25) is 5.91 Å². The highest BCUT2D eigenvalue weighted by atomic mass is 16.5. The number of hydrogen-bond donors (Lipinski definition) is 1. The molecule has 0 saturated carbocycles. The summed E-state index contributed by atoms with van der Waals surface area (Å²) in [5.41, 5.74) is 3.86. The standard InChI is InChI=1S/C37H32N2O4/c1-3-21-43-27-11-8-10-26(22-27)33(40)31-32(34(41)25-17-15-23(2)16-18-25)39-20-19-24-9-4-5-12-28(24)35(39)37(31)29-13-6-7-14-30(29)38-36(37)42/h4-20,22,31-32,35H,3,21H2,1-2H3,(H,38,42)/t31-,32+,35+,37+/m0/s1. The summed E-state index contributed by atoms with van der Waals surface area (Å²) in [5.74, 6) is -1.17. The van der Waals surface area contributed by atoms with Gasteiger partial charge in [0.15, 0.2) is 11.6 Å². The van der Waals surface area contributed by atoms with E-state index < -0.39 is 23.4 Å². The van der Waals surface area contributed by atoms with Crippen molar-refractivity contribution in [1.29, 1.82) is 0 Å². The number of ketones is 2. The molecule has 3 heterocycles. The normalized spacial score (nSPS) is 23.0. The van der Waals surface area contributed by atoms with Gasteiger partial charge in [0.1, 0.15) is 17.2 Å². The molecule has 3 aliphatic heterocycles. The Morgan fingerprint density at radius 3 is 2.47 bits per heavy atom. The number of fused-ring (bicyclic) bond motifs is 6. The number of aryl methyl sites for hydroxylation is 1. The summed E-state index contributed by atoms with van der Waals surface area (Å²) in [6, 6.07) is 28.5. The fourth-order valence-electron chi connectivity index (χ4n) is 7.19. The average Bonchev–Trinajstić information content (AvgIpc) is 3.52. The number of para-hydroxylation sites is 1. The molecule has 0 aromatic heterocycles. The second-order valence-corrected chi connectivity index (χ2v) is 11.6. The first kappa shape index (κ1) is 26.9. The van der Waals surface area contributed by atoms with Crippen LogP contribution in [0.5, 0.6) is 5.75 Å². The quantitative estimate of drug-likeness (QED) is 0.249. The van der Waals surface area contributed by atoms with Crippen LogP contribution < -0.4 is 10.1 Å². The minimum Gasteiger partial charge on any atom is -0.494 e. The van der Waals surface area contributed by atoms with Gasteiger partial charge in [-0.3, -0.25) is 14.4 Å². The van der Waals surface area contributed by atoms with Crippen LogP contribution in [0.25, 0.3) is 6.08 Å². The number of Topliss-reactive ketones (excluding diaryl/α,β-unsaturated/α-hetero) is 2. The largest absolute Gasteiger partial charge is 0.494 e. The number of carbonyl (C=O) groups excluding carboxylic acids is 3. The Morgan fingerprint density at radius 1 is 0.884 bits per heavy atom. The van der Waals surface area contributed by atoms with Crippen molar-refractivity contribution in [2.24, 2.45) is 5.92 Å². The van der Waals surface area contributed by atoms with Crippen LogP contribution in [-0.4, -0.2) is 35.0 Å². The van der Waals surface area contributed by atoms with E-state index in [2.05, 4.69) is 5.32 Å². The van der Waals surface area contributed by atoms with Crippen molar-refractivity contribution in [3.63, 3.8) is 0 Å². The fraction of sp³-hybridized carbons (Fsp3) is 0.216. The summed E-state index contributed by atoms with van der Waals surface area (Å²) in [6.07, 6.45) is 4.70. The third-order valence-electron chi connectivity index (χ3n) is 9.05. The average molecular weight is 569 g/mol. The Balaban J connectivity index is 1.49. The molecular formula is C37H32N2O4. The molecule has 1 amide bonds. The third kappa shape index (κ3) is 4.04.